The predicted octanol–water partition coefficient (Wildman–Crippen LogP) is 5.07. The highest BCUT2D eigenvalue weighted by Gasteiger charge is 2.26. The second-order valence-corrected chi connectivity index (χ2v) is 6.40. The van der Waals surface area contributed by atoms with Crippen LogP contribution in [0.3, 0.4) is 0 Å². The first-order valence-corrected chi connectivity index (χ1v) is 8.78. The summed E-state index contributed by atoms with van der Waals surface area (Å²) in [5.74, 6) is -3.52. The first-order valence-electron chi connectivity index (χ1n) is 8.78. The number of hydrogen-bond acceptors (Lipinski definition) is 4. The summed E-state index contributed by atoms with van der Waals surface area (Å²) < 4.78 is 58.0. The molecule has 0 aromatic heterocycles. The van der Waals surface area contributed by atoms with Crippen LogP contribution < -0.4 is 4.74 Å². The number of ether oxygens (including phenoxy) is 3. The Morgan fingerprint density at radius 1 is 1.00 bits per heavy atom. The molecule has 0 aliphatic carbocycles. The van der Waals surface area contributed by atoms with Gasteiger partial charge in [0.25, 0.3) is 0 Å². The van der Waals surface area contributed by atoms with E-state index < -0.39 is 41.9 Å². The SMILES string of the molecule is O=C(OCc1cc(F)cc2c1O[C@@H](c1ccccc1)OC2)c1c(F)cccc1F. The van der Waals surface area contributed by atoms with Crippen molar-refractivity contribution in [2.75, 3.05) is 0 Å². The lowest BCUT2D eigenvalue weighted by Crippen LogP contribution is -2.20. The molecule has 4 nitrogen and oxygen atoms in total. The Morgan fingerprint density at radius 2 is 1.72 bits per heavy atom. The van der Waals surface area contributed by atoms with Gasteiger partial charge < -0.3 is 14.2 Å². The van der Waals surface area contributed by atoms with Gasteiger partial charge in [0.2, 0.25) is 6.29 Å². The maximum absolute atomic E-state index is 14.0. The molecular formula is C22H15F3O4. The van der Waals surface area contributed by atoms with Crippen LogP contribution in [0.25, 0.3) is 0 Å². The maximum Gasteiger partial charge on any atom is 0.344 e. The Hall–Kier alpha value is -3.32. The number of esters is 1. The third-order valence-electron chi connectivity index (χ3n) is 4.42. The normalized spacial score (nSPS) is 15.3. The molecular weight excluding hydrogens is 385 g/mol. The molecule has 0 N–H and O–H groups in total. The minimum absolute atomic E-state index is 0.0928. The highest BCUT2D eigenvalue weighted by Crippen LogP contribution is 2.37. The van der Waals surface area contributed by atoms with Gasteiger partial charge in [-0.05, 0) is 24.3 Å². The molecule has 0 saturated carbocycles. The van der Waals surface area contributed by atoms with E-state index in [2.05, 4.69) is 0 Å². The molecule has 3 aromatic carbocycles. The molecule has 0 spiro atoms. The van der Waals surface area contributed by atoms with Crippen LogP contribution in [0.1, 0.15) is 33.3 Å². The molecule has 7 heteroatoms. The van der Waals surface area contributed by atoms with E-state index in [-0.39, 0.29) is 12.2 Å². The number of hydrogen-bond donors (Lipinski definition) is 0. The van der Waals surface area contributed by atoms with E-state index in [1.165, 1.54) is 6.07 Å². The van der Waals surface area contributed by atoms with Crippen LogP contribution >= 0.6 is 0 Å². The van der Waals surface area contributed by atoms with Crippen LogP contribution in [-0.4, -0.2) is 5.97 Å². The van der Waals surface area contributed by atoms with E-state index in [1.54, 1.807) is 0 Å². The fraction of sp³-hybridized carbons (Fsp3) is 0.136. The molecule has 0 radical (unpaired) electrons. The fourth-order valence-corrected chi connectivity index (χ4v) is 3.07. The monoisotopic (exact) mass is 400 g/mol. The van der Waals surface area contributed by atoms with E-state index >= 15 is 0 Å². The Kier molecular flexibility index (Phi) is 5.22. The van der Waals surface area contributed by atoms with Crippen LogP contribution in [0.4, 0.5) is 13.2 Å². The number of halogens is 3. The fourth-order valence-electron chi connectivity index (χ4n) is 3.07. The van der Waals surface area contributed by atoms with Crippen LogP contribution in [0.2, 0.25) is 0 Å². The van der Waals surface area contributed by atoms with Gasteiger partial charge in [0, 0.05) is 16.7 Å². The lowest BCUT2D eigenvalue weighted by atomic mass is 10.1. The summed E-state index contributed by atoms with van der Waals surface area (Å²) in [5, 5.41) is 0. The van der Waals surface area contributed by atoms with Crippen molar-refractivity contribution in [2.24, 2.45) is 0 Å². The van der Waals surface area contributed by atoms with Crippen molar-refractivity contribution in [1.82, 2.24) is 0 Å². The first kappa shape index (κ1) is 19.0. The highest BCUT2D eigenvalue weighted by molar-refractivity contribution is 5.90. The van der Waals surface area contributed by atoms with Gasteiger partial charge in [-0.1, -0.05) is 36.4 Å². The van der Waals surface area contributed by atoms with Crippen molar-refractivity contribution in [3.63, 3.8) is 0 Å². The molecule has 0 unspecified atom stereocenters. The number of carbonyl (C=O) groups excluding carboxylic acids is 1. The zero-order valence-corrected chi connectivity index (χ0v) is 15.0. The number of carbonyl (C=O) groups is 1. The van der Waals surface area contributed by atoms with Crippen molar-refractivity contribution in [3.8, 4) is 5.75 Å². The van der Waals surface area contributed by atoms with Crippen LogP contribution in [0.5, 0.6) is 5.75 Å². The average molecular weight is 400 g/mol. The molecule has 1 aliphatic heterocycles. The summed E-state index contributed by atoms with van der Waals surface area (Å²) in [6.45, 7) is -0.330. The largest absolute Gasteiger partial charge is 0.460 e. The summed E-state index contributed by atoms with van der Waals surface area (Å²) in [6.07, 6.45) is -0.715. The summed E-state index contributed by atoms with van der Waals surface area (Å²) in [6, 6.07) is 14.6. The summed E-state index contributed by atoms with van der Waals surface area (Å²) >= 11 is 0. The second-order valence-electron chi connectivity index (χ2n) is 6.40. The minimum Gasteiger partial charge on any atom is -0.460 e. The predicted molar refractivity (Wildman–Crippen MR) is 96.5 cm³/mol. The molecule has 0 amide bonds. The molecule has 1 aliphatic rings. The molecule has 29 heavy (non-hydrogen) atoms. The molecule has 0 saturated heterocycles. The van der Waals surface area contributed by atoms with Crippen LogP contribution in [-0.2, 0) is 22.7 Å². The molecule has 0 fully saturated rings. The third-order valence-corrected chi connectivity index (χ3v) is 4.42. The first-order chi connectivity index (χ1) is 14.0. The van der Waals surface area contributed by atoms with Gasteiger partial charge in [-0.3, -0.25) is 0 Å². The average Bonchev–Trinajstić information content (AvgIpc) is 2.72. The highest BCUT2D eigenvalue weighted by atomic mass is 19.1. The molecule has 1 heterocycles. The van der Waals surface area contributed by atoms with Crippen LogP contribution in [0.15, 0.2) is 60.7 Å². The maximum atomic E-state index is 14.0. The number of fused-ring (bicyclic) bond motifs is 1. The third kappa shape index (κ3) is 3.95. The van der Waals surface area contributed by atoms with Gasteiger partial charge in [-0.2, -0.15) is 0 Å². The molecule has 0 bridgehead atoms. The van der Waals surface area contributed by atoms with E-state index in [4.69, 9.17) is 14.2 Å². The molecule has 4 rings (SSSR count). The van der Waals surface area contributed by atoms with Gasteiger partial charge in [0.15, 0.2) is 0 Å². The van der Waals surface area contributed by atoms with Crippen molar-refractivity contribution in [3.05, 3.63) is 100 Å². The smallest absolute Gasteiger partial charge is 0.344 e. The summed E-state index contributed by atoms with van der Waals surface area (Å²) in [4.78, 5) is 12.1. The van der Waals surface area contributed by atoms with Gasteiger partial charge in [-0.15, -0.1) is 0 Å². The van der Waals surface area contributed by atoms with Gasteiger partial charge in [0.1, 0.15) is 35.4 Å². The summed E-state index contributed by atoms with van der Waals surface area (Å²) in [5.41, 5.74) is 0.637. The van der Waals surface area contributed by atoms with Crippen molar-refractivity contribution in [1.29, 1.82) is 0 Å². The minimum atomic E-state index is -1.19. The zero-order chi connectivity index (χ0) is 20.4. The Labute approximate surface area is 164 Å². The van der Waals surface area contributed by atoms with Crippen molar-refractivity contribution in [2.45, 2.75) is 19.5 Å². The lowest BCUT2D eigenvalue weighted by Gasteiger charge is -2.28. The second kappa shape index (κ2) is 7.97. The van der Waals surface area contributed by atoms with E-state index in [1.807, 2.05) is 30.3 Å². The van der Waals surface area contributed by atoms with E-state index in [0.717, 1.165) is 29.8 Å². The lowest BCUT2D eigenvalue weighted by molar-refractivity contribution is -0.112. The van der Waals surface area contributed by atoms with Crippen LogP contribution in [0, 0.1) is 17.5 Å². The Balaban J connectivity index is 1.57. The van der Waals surface area contributed by atoms with Gasteiger partial charge in [-0.25, -0.2) is 18.0 Å². The van der Waals surface area contributed by atoms with Gasteiger partial charge in [0.05, 0.1) is 6.61 Å². The molecule has 148 valence electrons. The van der Waals surface area contributed by atoms with Gasteiger partial charge >= 0.3 is 5.97 Å². The van der Waals surface area contributed by atoms with E-state index in [9.17, 15) is 18.0 Å². The summed E-state index contributed by atoms with van der Waals surface area (Å²) in [7, 11) is 0. The molecule has 1 atom stereocenters. The topological polar surface area (TPSA) is 44.8 Å². The standard InChI is InChI=1S/C22H15F3O4/c23-16-9-14(11-27-21(26)19-17(24)7-4-8-18(19)25)20-15(10-16)12-28-22(29-20)13-5-2-1-3-6-13/h1-10,22H,11-12H2/t22-/m0/s1. The van der Waals surface area contributed by atoms with E-state index in [0.29, 0.717) is 11.3 Å². The quantitative estimate of drug-likeness (QED) is 0.574. The zero-order valence-electron chi connectivity index (χ0n) is 15.0. The Morgan fingerprint density at radius 3 is 2.45 bits per heavy atom. The molecule has 3 aromatic rings. The van der Waals surface area contributed by atoms with Crippen molar-refractivity contribution < 1.29 is 32.2 Å². The Bertz CT molecular complexity index is 1030. The van der Waals surface area contributed by atoms with Crippen molar-refractivity contribution >= 4 is 5.97 Å². The number of rotatable bonds is 4. The number of benzene rings is 3.